The number of unbranched alkanes of at least 4 members (excludes halogenated alkanes) is 17. The summed E-state index contributed by atoms with van der Waals surface area (Å²) in [5, 5.41) is 0. The summed E-state index contributed by atoms with van der Waals surface area (Å²) in [4.78, 5) is 38.1. The van der Waals surface area contributed by atoms with E-state index in [0.717, 1.165) is 96.3 Å². The molecule has 0 aromatic heterocycles. The molecule has 6 nitrogen and oxygen atoms in total. The summed E-state index contributed by atoms with van der Waals surface area (Å²) in [5.41, 5.74) is 0. The van der Waals surface area contributed by atoms with Gasteiger partial charge >= 0.3 is 17.9 Å². The second kappa shape index (κ2) is 58.1. The minimum atomic E-state index is -0.839. The van der Waals surface area contributed by atoms with Crippen molar-refractivity contribution in [3.63, 3.8) is 0 Å². The lowest BCUT2D eigenvalue weighted by Crippen LogP contribution is -2.30. The van der Waals surface area contributed by atoms with Gasteiger partial charge in [-0.1, -0.05) is 231 Å². The third-order valence-corrected chi connectivity index (χ3v) is 11.6. The Morgan fingerprint density at radius 2 is 0.592 bits per heavy atom. The zero-order valence-corrected chi connectivity index (χ0v) is 45.7. The molecule has 1 atom stereocenters. The van der Waals surface area contributed by atoms with Gasteiger partial charge in [-0.2, -0.15) is 0 Å². The molecule has 0 rings (SSSR count). The van der Waals surface area contributed by atoms with Crippen molar-refractivity contribution in [2.75, 3.05) is 13.2 Å². The van der Waals surface area contributed by atoms with Gasteiger partial charge in [0.15, 0.2) is 6.10 Å². The fourth-order valence-electron chi connectivity index (χ4n) is 7.34. The Kier molecular flexibility index (Phi) is 54.5. The number of ether oxygens (including phenoxy) is 3. The maximum absolute atomic E-state index is 12.9. The molecule has 0 aliphatic carbocycles. The van der Waals surface area contributed by atoms with Gasteiger partial charge in [0.05, 0.1) is 0 Å². The topological polar surface area (TPSA) is 78.9 Å². The maximum Gasteiger partial charge on any atom is 0.306 e. The van der Waals surface area contributed by atoms with Gasteiger partial charge in [-0.25, -0.2) is 0 Å². The lowest BCUT2D eigenvalue weighted by atomic mass is 10.1. The monoisotopic (exact) mass is 981 g/mol. The fourth-order valence-corrected chi connectivity index (χ4v) is 7.34. The van der Waals surface area contributed by atoms with Crippen molar-refractivity contribution in [1.82, 2.24) is 0 Å². The van der Waals surface area contributed by atoms with E-state index >= 15 is 0 Å². The molecule has 0 aromatic carbocycles. The van der Waals surface area contributed by atoms with E-state index in [1.807, 2.05) is 12.2 Å². The van der Waals surface area contributed by atoms with Crippen LogP contribution in [0.25, 0.3) is 0 Å². The van der Waals surface area contributed by atoms with Crippen LogP contribution in [0.3, 0.4) is 0 Å². The molecular weight excluding hydrogens is 877 g/mol. The summed E-state index contributed by atoms with van der Waals surface area (Å²) in [6.45, 7) is 6.37. The second-order valence-corrected chi connectivity index (χ2v) is 18.5. The molecule has 0 unspecified atom stereocenters. The third-order valence-electron chi connectivity index (χ3n) is 11.6. The summed E-state index contributed by atoms with van der Waals surface area (Å²) in [7, 11) is 0. The van der Waals surface area contributed by atoms with Crippen LogP contribution in [-0.4, -0.2) is 37.2 Å². The van der Waals surface area contributed by atoms with Gasteiger partial charge in [-0.15, -0.1) is 0 Å². The molecule has 0 aliphatic heterocycles. The van der Waals surface area contributed by atoms with E-state index in [0.29, 0.717) is 12.8 Å². The molecule has 0 saturated carbocycles. The molecule has 0 bridgehead atoms. The van der Waals surface area contributed by atoms with Gasteiger partial charge in [0.2, 0.25) is 0 Å². The Bertz CT molecular complexity index is 1550. The summed E-state index contributed by atoms with van der Waals surface area (Å²) >= 11 is 0. The first kappa shape index (κ1) is 66.6. The lowest BCUT2D eigenvalue weighted by Gasteiger charge is -2.18. The first-order valence-electron chi connectivity index (χ1n) is 28.7. The zero-order chi connectivity index (χ0) is 51.4. The molecule has 0 fully saturated rings. The zero-order valence-electron chi connectivity index (χ0n) is 45.7. The third kappa shape index (κ3) is 56.3. The molecule has 0 N–H and O–H groups in total. The Morgan fingerprint density at radius 3 is 1.01 bits per heavy atom. The van der Waals surface area contributed by atoms with Crippen LogP contribution in [0.15, 0.2) is 134 Å². The molecule has 0 amide bonds. The average molecular weight is 982 g/mol. The van der Waals surface area contributed by atoms with Crippen LogP contribution in [0.4, 0.5) is 0 Å². The van der Waals surface area contributed by atoms with E-state index < -0.39 is 6.10 Å². The molecule has 6 heteroatoms. The van der Waals surface area contributed by atoms with E-state index in [1.54, 1.807) is 0 Å². The predicted octanol–water partition coefficient (Wildman–Crippen LogP) is 19.4. The van der Waals surface area contributed by atoms with Crippen LogP contribution in [0.5, 0.6) is 0 Å². The minimum absolute atomic E-state index is 0.135. The van der Waals surface area contributed by atoms with Crippen molar-refractivity contribution in [2.24, 2.45) is 0 Å². The lowest BCUT2D eigenvalue weighted by molar-refractivity contribution is -0.166. The van der Waals surface area contributed by atoms with Crippen LogP contribution in [0.1, 0.15) is 239 Å². The van der Waals surface area contributed by atoms with Crippen molar-refractivity contribution in [2.45, 2.75) is 245 Å². The summed E-state index contributed by atoms with van der Waals surface area (Å²) in [6.07, 6.45) is 81.7. The number of allylic oxidation sites excluding steroid dienone is 22. The van der Waals surface area contributed by atoms with Gasteiger partial charge < -0.3 is 14.2 Å². The molecule has 0 aromatic rings. The molecule has 0 radical (unpaired) electrons. The van der Waals surface area contributed by atoms with E-state index in [9.17, 15) is 14.4 Å². The van der Waals surface area contributed by atoms with Gasteiger partial charge in [0.25, 0.3) is 0 Å². The van der Waals surface area contributed by atoms with Crippen molar-refractivity contribution in [3.05, 3.63) is 134 Å². The maximum atomic E-state index is 12.9. The number of rotatable bonds is 50. The predicted molar refractivity (Wildman–Crippen MR) is 306 cm³/mol. The molecule has 71 heavy (non-hydrogen) atoms. The van der Waals surface area contributed by atoms with Crippen LogP contribution >= 0.6 is 0 Å². The number of esters is 3. The molecular formula is C65H104O6. The average Bonchev–Trinajstić information content (AvgIpc) is 3.37. The highest BCUT2D eigenvalue weighted by Gasteiger charge is 2.19. The summed E-state index contributed by atoms with van der Waals surface area (Å²) < 4.78 is 16.7. The fraction of sp³-hybridized carbons (Fsp3) is 0.615. The van der Waals surface area contributed by atoms with Crippen molar-refractivity contribution < 1.29 is 28.6 Å². The molecule has 400 valence electrons. The summed E-state index contributed by atoms with van der Waals surface area (Å²) in [5.74, 6) is -1.08. The van der Waals surface area contributed by atoms with Crippen molar-refractivity contribution >= 4 is 17.9 Å². The molecule has 0 aliphatic rings. The van der Waals surface area contributed by atoms with Crippen LogP contribution in [0, 0.1) is 0 Å². The molecule has 0 spiro atoms. The van der Waals surface area contributed by atoms with Gasteiger partial charge in [-0.05, 0) is 122 Å². The second-order valence-electron chi connectivity index (χ2n) is 18.5. The summed E-state index contributed by atoms with van der Waals surface area (Å²) in [6, 6.07) is 0. The highest BCUT2D eigenvalue weighted by atomic mass is 16.6. The van der Waals surface area contributed by atoms with Gasteiger partial charge in [0, 0.05) is 19.3 Å². The smallest absolute Gasteiger partial charge is 0.306 e. The van der Waals surface area contributed by atoms with Crippen LogP contribution in [0.2, 0.25) is 0 Å². The highest BCUT2D eigenvalue weighted by molar-refractivity contribution is 5.71. The van der Waals surface area contributed by atoms with Crippen molar-refractivity contribution in [1.29, 1.82) is 0 Å². The standard InChI is InChI=1S/C65H104O6/c1-4-7-10-13-16-19-22-25-28-31-32-35-37-40-43-46-49-52-55-58-64(67)70-61-62(71-65(68)59-56-53-50-47-44-41-38-34-30-27-24-21-18-15-12-9-6-3)60-69-63(66)57-54-51-48-45-42-39-36-33-29-26-23-20-17-14-11-8-5-2/h7,10,16,18-19,21,25-30,32,35-36,39-40,43,45,48-49,52,62H,4-6,8-9,11-15,17,20,22-24,31,33-34,37-38,41-42,44,46-47,50-51,53-61H2,1-3H3/b10-7-,19-16-,21-18-,28-25-,29-26-,30-27-,35-32-,39-36-,43-40-,48-45-,52-49-/t62-/m0/s1. The Balaban J connectivity index is 4.61. The number of hydrogen-bond donors (Lipinski definition) is 0. The van der Waals surface area contributed by atoms with Gasteiger partial charge in [0.1, 0.15) is 13.2 Å². The van der Waals surface area contributed by atoms with E-state index in [1.165, 1.54) is 89.9 Å². The number of carbonyl (C=O) groups excluding carboxylic acids is 3. The minimum Gasteiger partial charge on any atom is -0.462 e. The number of carbonyl (C=O) groups is 3. The first-order valence-corrected chi connectivity index (χ1v) is 28.7. The van der Waals surface area contributed by atoms with E-state index in [4.69, 9.17) is 14.2 Å². The van der Waals surface area contributed by atoms with Crippen LogP contribution in [-0.2, 0) is 28.6 Å². The Hall–Kier alpha value is -4.45. The quantitative estimate of drug-likeness (QED) is 0.0262. The first-order chi connectivity index (χ1) is 35.0. The number of hydrogen-bond acceptors (Lipinski definition) is 6. The molecule has 0 heterocycles. The van der Waals surface area contributed by atoms with Crippen molar-refractivity contribution in [3.8, 4) is 0 Å². The molecule has 0 saturated heterocycles. The van der Waals surface area contributed by atoms with E-state index in [2.05, 4.69) is 142 Å². The normalized spacial score (nSPS) is 13.1. The van der Waals surface area contributed by atoms with E-state index in [-0.39, 0.29) is 50.4 Å². The largest absolute Gasteiger partial charge is 0.462 e. The Morgan fingerprint density at radius 1 is 0.296 bits per heavy atom. The Labute approximate surface area is 436 Å². The van der Waals surface area contributed by atoms with Crippen LogP contribution < -0.4 is 0 Å². The highest BCUT2D eigenvalue weighted by Crippen LogP contribution is 2.13. The SMILES string of the molecule is CC/C=C\C/C=C\C/C=C\C/C=C\C/C=C\C/C=C\CCC(=O)OC[C@H](COC(=O)CCC/C=C\C/C=C\C/C=C\CCCCCCCC)OC(=O)CCCCCCCCC/C=C\C/C=C\CCCCC. The van der Waals surface area contributed by atoms with Gasteiger partial charge in [-0.3, -0.25) is 14.4 Å².